The van der Waals surface area contributed by atoms with Crippen molar-refractivity contribution in [1.29, 1.82) is 0 Å². The van der Waals surface area contributed by atoms with Gasteiger partial charge in [0.2, 0.25) is 0 Å². The van der Waals surface area contributed by atoms with Gasteiger partial charge in [0.25, 0.3) is 0 Å². The highest BCUT2D eigenvalue weighted by Gasteiger charge is 2.27. The molecule has 0 bridgehead atoms. The molecule has 0 unspecified atom stereocenters. The van der Waals surface area contributed by atoms with Crippen LogP contribution in [-0.4, -0.2) is 9.13 Å². The van der Waals surface area contributed by atoms with Gasteiger partial charge >= 0.3 is 0 Å². The van der Waals surface area contributed by atoms with Crippen molar-refractivity contribution in [3.05, 3.63) is 157 Å². The van der Waals surface area contributed by atoms with Gasteiger partial charge in [-0.25, -0.2) is 0 Å². The largest absolute Gasteiger partial charge is 0.309 e. The average molecular weight is 581 g/mol. The standard InChI is InChI=1S/C43H36N2/c1-2-12-30(13-3-1)43(31-22-26-33(27-23-31)44-39-18-8-4-14-35(39)36-15-5-9-19-40(36)44)32-24-28-34(29-25-32)45-41-20-10-6-16-37(41)38-17-7-11-21-42(38)45/h4-11,14-30,43H,1-3,12-13H2. The number of fused-ring (bicyclic) bond motifs is 6. The summed E-state index contributed by atoms with van der Waals surface area (Å²) in [5.74, 6) is 1.06. The fourth-order valence-electron chi connectivity index (χ4n) is 8.27. The van der Waals surface area contributed by atoms with Crippen LogP contribution in [0, 0.1) is 5.92 Å². The molecule has 6 aromatic carbocycles. The molecular formula is C43H36N2. The van der Waals surface area contributed by atoms with Crippen LogP contribution in [0.15, 0.2) is 146 Å². The molecule has 0 N–H and O–H groups in total. The first-order valence-corrected chi connectivity index (χ1v) is 16.5. The Balaban J connectivity index is 1.13. The van der Waals surface area contributed by atoms with Gasteiger partial charge in [-0.15, -0.1) is 0 Å². The molecule has 2 heteroatoms. The minimum atomic E-state index is 0.393. The molecule has 218 valence electrons. The van der Waals surface area contributed by atoms with Gasteiger partial charge in [0, 0.05) is 38.8 Å². The SMILES string of the molecule is c1ccc2c(c1)c1ccccc1n2-c1ccc(C(c2ccc(-n3c4ccccc4c4ccccc43)cc2)C2CCCCC2)cc1. The van der Waals surface area contributed by atoms with Gasteiger partial charge in [0.1, 0.15) is 0 Å². The molecule has 0 amide bonds. The van der Waals surface area contributed by atoms with Gasteiger partial charge in [-0.3, -0.25) is 0 Å². The van der Waals surface area contributed by atoms with Gasteiger partial charge in [-0.1, -0.05) is 116 Å². The molecule has 0 spiro atoms. The van der Waals surface area contributed by atoms with E-state index in [1.807, 2.05) is 0 Å². The summed E-state index contributed by atoms with van der Waals surface area (Å²) < 4.78 is 4.84. The van der Waals surface area contributed by atoms with Crippen molar-refractivity contribution in [2.45, 2.75) is 38.0 Å². The maximum Gasteiger partial charge on any atom is 0.0541 e. The summed E-state index contributed by atoms with van der Waals surface area (Å²) in [5.41, 5.74) is 10.3. The predicted molar refractivity (Wildman–Crippen MR) is 190 cm³/mol. The van der Waals surface area contributed by atoms with Crippen molar-refractivity contribution in [3.63, 3.8) is 0 Å². The summed E-state index contributed by atoms with van der Waals surface area (Å²) in [6, 6.07) is 54.1. The van der Waals surface area contributed by atoms with Crippen LogP contribution >= 0.6 is 0 Å². The van der Waals surface area contributed by atoms with E-state index in [9.17, 15) is 0 Å². The predicted octanol–water partition coefficient (Wildman–Crippen LogP) is 11.6. The highest BCUT2D eigenvalue weighted by atomic mass is 15.0. The van der Waals surface area contributed by atoms with E-state index in [4.69, 9.17) is 0 Å². The minimum Gasteiger partial charge on any atom is -0.309 e. The Hall–Kier alpha value is -5.08. The van der Waals surface area contributed by atoms with Crippen LogP contribution in [0.1, 0.15) is 49.1 Å². The number of para-hydroxylation sites is 4. The van der Waals surface area contributed by atoms with E-state index in [1.54, 1.807) is 0 Å². The monoisotopic (exact) mass is 580 g/mol. The van der Waals surface area contributed by atoms with Crippen LogP contribution < -0.4 is 0 Å². The van der Waals surface area contributed by atoms with Crippen LogP contribution in [0.4, 0.5) is 0 Å². The molecule has 2 heterocycles. The van der Waals surface area contributed by atoms with Gasteiger partial charge < -0.3 is 9.13 Å². The summed E-state index contributed by atoms with van der Waals surface area (Å²) in [7, 11) is 0. The maximum absolute atomic E-state index is 2.42. The Kier molecular flexibility index (Phi) is 6.33. The second-order valence-corrected chi connectivity index (χ2v) is 12.8. The van der Waals surface area contributed by atoms with Gasteiger partial charge in [0.05, 0.1) is 22.1 Å². The molecule has 0 aliphatic heterocycles. The van der Waals surface area contributed by atoms with Crippen LogP contribution in [0.2, 0.25) is 0 Å². The molecule has 0 saturated heterocycles. The molecule has 0 atom stereocenters. The minimum absolute atomic E-state index is 0.393. The Morgan fingerprint density at radius 2 is 0.711 bits per heavy atom. The van der Waals surface area contributed by atoms with E-state index in [0.717, 1.165) is 0 Å². The van der Waals surface area contributed by atoms with E-state index >= 15 is 0 Å². The van der Waals surface area contributed by atoms with Crippen molar-refractivity contribution >= 4 is 43.6 Å². The molecule has 1 aliphatic rings. The number of hydrogen-bond donors (Lipinski definition) is 0. The topological polar surface area (TPSA) is 9.86 Å². The number of nitrogens with zero attached hydrogens (tertiary/aromatic N) is 2. The quantitative estimate of drug-likeness (QED) is 0.192. The van der Waals surface area contributed by atoms with E-state index in [-0.39, 0.29) is 0 Å². The van der Waals surface area contributed by atoms with Crippen LogP contribution in [0.3, 0.4) is 0 Å². The van der Waals surface area contributed by atoms with E-state index in [1.165, 1.54) is 98.2 Å². The summed E-state index contributed by atoms with van der Waals surface area (Å²) in [5, 5.41) is 5.22. The van der Waals surface area contributed by atoms with E-state index in [0.29, 0.717) is 11.8 Å². The van der Waals surface area contributed by atoms with Gasteiger partial charge in [-0.05, 0) is 78.4 Å². The number of aromatic nitrogens is 2. The van der Waals surface area contributed by atoms with Crippen LogP contribution in [-0.2, 0) is 0 Å². The summed E-state index contributed by atoms with van der Waals surface area (Å²) in [6.07, 6.45) is 6.63. The molecule has 1 fully saturated rings. The first-order chi connectivity index (χ1) is 22.3. The Bertz CT molecular complexity index is 2030. The second kappa shape index (κ2) is 10.8. The van der Waals surface area contributed by atoms with Gasteiger partial charge in [-0.2, -0.15) is 0 Å². The average Bonchev–Trinajstić information content (AvgIpc) is 3.63. The Morgan fingerprint density at radius 1 is 0.378 bits per heavy atom. The van der Waals surface area contributed by atoms with Crippen molar-refractivity contribution in [1.82, 2.24) is 9.13 Å². The maximum atomic E-state index is 2.42. The molecule has 2 aromatic heterocycles. The lowest BCUT2D eigenvalue weighted by Gasteiger charge is -2.31. The smallest absolute Gasteiger partial charge is 0.0541 e. The fraction of sp³-hybridized carbons (Fsp3) is 0.163. The van der Waals surface area contributed by atoms with Crippen LogP contribution in [0.25, 0.3) is 55.0 Å². The summed E-state index contributed by atoms with van der Waals surface area (Å²) >= 11 is 0. The van der Waals surface area contributed by atoms with E-state index in [2.05, 4.69) is 155 Å². The zero-order chi connectivity index (χ0) is 29.7. The number of benzene rings is 6. The molecule has 9 rings (SSSR count). The third-order valence-electron chi connectivity index (χ3n) is 10.3. The lowest BCUT2D eigenvalue weighted by molar-refractivity contribution is 0.327. The zero-order valence-electron chi connectivity index (χ0n) is 25.4. The zero-order valence-corrected chi connectivity index (χ0v) is 25.4. The third-order valence-corrected chi connectivity index (χ3v) is 10.3. The highest BCUT2D eigenvalue weighted by molar-refractivity contribution is 6.10. The van der Waals surface area contributed by atoms with Crippen molar-refractivity contribution < 1.29 is 0 Å². The third kappa shape index (κ3) is 4.31. The van der Waals surface area contributed by atoms with Crippen LogP contribution in [0.5, 0.6) is 0 Å². The fourth-order valence-corrected chi connectivity index (χ4v) is 8.27. The molecule has 45 heavy (non-hydrogen) atoms. The van der Waals surface area contributed by atoms with Crippen molar-refractivity contribution in [2.75, 3.05) is 0 Å². The Labute approximate surface area is 264 Å². The van der Waals surface area contributed by atoms with Crippen molar-refractivity contribution in [2.24, 2.45) is 5.92 Å². The molecule has 2 nitrogen and oxygen atoms in total. The lowest BCUT2D eigenvalue weighted by Crippen LogP contribution is -2.17. The summed E-state index contributed by atoms with van der Waals surface area (Å²) in [4.78, 5) is 0. The molecule has 8 aromatic rings. The molecule has 1 saturated carbocycles. The first-order valence-electron chi connectivity index (χ1n) is 16.5. The molecular weight excluding hydrogens is 544 g/mol. The second-order valence-electron chi connectivity index (χ2n) is 12.8. The lowest BCUT2D eigenvalue weighted by atomic mass is 9.73. The van der Waals surface area contributed by atoms with Crippen molar-refractivity contribution in [3.8, 4) is 11.4 Å². The van der Waals surface area contributed by atoms with E-state index < -0.39 is 0 Å². The van der Waals surface area contributed by atoms with Gasteiger partial charge in [0.15, 0.2) is 0 Å². The number of hydrogen-bond acceptors (Lipinski definition) is 0. The Morgan fingerprint density at radius 3 is 1.07 bits per heavy atom. The summed E-state index contributed by atoms with van der Waals surface area (Å²) in [6.45, 7) is 0. The molecule has 1 aliphatic carbocycles. The number of rotatable bonds is 5. The highest BCUT2D eigenvalue weighted by Crippen LogP contribution is 2.42. The molecule has 0 radical (unpaired) electrons. The normalized spacial score (nSPS) is 14.3. The first kappa shape index (κ1) is 26.3.